The van der Waals surface area contributed by atoms with E-state index in [0.717, 1.165) is 43.3 Å². The standard InChI is InChI=1S/C20H33N3O3/c1-19(2,3)14-12-15(22-18(21-14)20(4,5)6)23-10-8-13(9-11-23)16(24)17(25)26-7/h12-13,16,24H,8-11H2,1-7H3. The van der Waals surface area contributed by atoms with Gasteiger partial charge in [-0.15, -0.1) is 0 Å². The van der Waals surface area contributed by atoms with Crippen molar-refractivity contribution in [2.24, 2.45) is 5.92 Å². The quantitative estimate of drug-likeness (QED) is 0.832. The number of carbonyl (C=O) groups is 1. The molecule has 1 aliphatic heterocycles. The third kappa shape index (κ3) is 4.72. The number of carbonyl (C=O) groups excluding carboxylic acids is 1. The fraction of sp³-hybridized carbons (Fsp3) is 0.750. The smallest absolute Gasteiger partial charge is 0.334 e. The van der Waals surface area contributed by atoms with Gasteiger partial charge in [-0.05, 0) is 18.8 Å². The first-order chi connectivity index (χ1) is 11.9. The molecule has 2 rings (SSSR count). The van der Waals surface area contributed by atoms with Gasteiger partial charge in [0.1, 0.15) is 11.6 Å². The number of ether oxygens (including phenoxy) is 1. The Kier molecular flexibility index (Phi) is 5.95. The summed E-state index contributed by atoms with van der Waals surface area (Å²) in [4.78, 5) is 23.4. The number of hydrogen-bond acceptors (Lipinski definition) is 6. The first-order valence-corrected chi connectivity index (χ1v) is 9.34. The summed E-state index contributed by atoms with van der Waals surface area (Å²) >= 11 is 0. The minimum absolute atomic E-state index is 0.0584. The van der Waals surface area contributed by atoms with E-state index in [1.165, 1.54) is 7.11 Å². The van der Waals surface area contributed by atoms with Crippen LogP contribution in [0.3, 0.4) is 0 Å². The van der Waals surface area contributed by atoms with Gasteiger partial charge in [0.05, 0.1) is 12.8 Å². The molecule has 1 aromatic heterocycles. The number of nitrogens with zero attached hydrogens (tertiary/aromatic N) is 3. The highest BCUT2D eigenvalue weighted by Gasteiger charge is 2.32. The summed E-state index contributed by atoms with van der Waals surface area (Å²) in [5, 5.41) is 10.1. The van der Waals surface area contributed by atoms with E-state index in [2.05, 4.69) is 57.2 Å². The van der Waals surface area contributed by atoms with Crippen molar-refractivity contribution in [2.75, 3.05) is 25.1 Å². The molecule has 1 saturated heterocycles. The minimum atomic E-state index is -1.04. The third-order valence-electron chi connectivity index (χ3n) is 4.90. The fourth-order valence-corrected chi connectivity index (χ4v) is 3.07. The predicted octanol–water partition coefficient (Wildman–Crippen LogP) is 2.82. The molecule has 1 fully saturated rings. The number of anilines is 1. The number of rotatable bonds is 3. The van der Waals surface area contributed by atoms with Crippen molar-refractivity contribution in [3.8, 4) is 0 Å². The summed E-state index contributed by atoms with van der Waals surface area (Å²) in [6.07, 6.45) is 0.425. The molecule has 0 radical (unpaired) electrons. The van der Waals surface area contributed by atoms with Crippen LogP contribution in [-0.4, -0.2) is 47.3 Å². The van der Waals surface area contributed by atoms with Crippen LogP contribution in [-0.2, 0) is 20.4 Å². The molecule has 146 valence electrons. The van der Waals surface area contributed by atoms with Crippen LogP contribution in [0.1, 0.15) is 65.9 Å². The van der Waals surface area contributed by atoms with E-state index in [1.807, 2.05) is 0 Å². The average Bonchev–Trinajstić information content (AvgIpc) is 2.58. The molecule has 26 heavy (non-hydrogen) atoms. The topological polar surface area (TPSA) is 75.6 Å². The van der Waals surface area contributed by atoms with Crippen LogP contribution in [0.5, 0.6) is 0 Å². The third-order valence-corrected chi connectivity index (χ3v) is 4.90. The van der Waals surface area contributed by atoms with Crippen molar-refractivity contribution in [3.63, 3.8) is 0 Å². The Labute approximate surface area is 157 Å². The summed E-state index contributed by atoms with van der Waals surface area (Å²) in [6.45, 7) is 14.3. The highest BCUT2D eigenvalue weighted by Crippen LogP contribution is 2.30. The number of aliphatic hydroxyl groups is 1. The molecule has 6 heteroatoms. The maximum Gasteiger partial charge on any atom is 0.334 e. The van der Waals surface area contributed by atoms with Crippen molar-refractivity contribution >= 4 is 11.8 Å². The second-order valence-electron chi connectivity index (χ2n) is 9.23. The zero-order valence-electron chi connectivity index (χ0n) is 17.2. The maximum absolute atomic E-state index is 11.6. The number of methoxy groups -OCH3 is 1. The Bertz CT molecular complexity index is 606. The second-order valence-corrected chi connectivity index (χ2v) is 9.23. The van der Waals surface area contributed by atoms with E-state index in [4.69, 9.17) is 9.97 Å². The van der Waals surface area contributed by atoms with Gasteiger partial charge in [-0.25, -0.2) is 14.8 Å². The fourth-order valence-electron chi connectivity index (χ4n) is 3.07. The Morgan fingerprint density at radius 2 is 1.73 bits per heavy atom. The molecule has 1 N–H and O–H groups in total. The van der Waals surface area contributed by atoms with Crippen LogP contribution in [0.15, 0.2) is 6.07 Å². The predicted molar refractivity (Wildman–Crippen MR) is 102 cm³/mol. The molecule has 0 spiro atoms. The Morgan fingerprint density at radius 3 is 2.19 bits per heavy atom. The molecular weight excluding hydrogens is 330 g/mol. The lowest BCUT2D eigenvalue weighted by Gasteiger charge is -2.35. The molecule has 0 aromatic carbocycles. The van der Waals surface area contributed by atoms with E-state index in [9.17, 15) is 9.90 Å². The number of aromatic nitrogens is 2. The number of aliphatic hydroxyl groups excluding tert-OH is 1. The lowest BCUT2D eigenvalue weighted by molar-refractivity contribution is -0.153. The van der Waals surface area contributed by atoms with E-state index < -0.39 is 12.1 Å². The maximum atomic E-state index is 11.6. The van der Waals surface area contributed by atoms with Crippen LogP contribution >= 0.6 is 0 Å². The van der Waals surface area contributed by atoms with Gasteiger partial charge in [-0.2, -0.15) is 0 Å². The first kappa shape index (κ1) is 20.6. The monoisotopic (exact) mass is 363 g/mol. The zero-order chi connectivity index (χ0) is 19.7. The molecule has 1 atom stereocenters. The lowest BCUT2D eigenvalue weighted by Crippen LogP contribution is -2.41. The highest BCUT2D eigenvalue weighted by atomic mass is 16.5. The van der Waals surface area contributed by atoms with Crippen molar-refractivity contribution < 1.29 is 14.6 Å². The molecule has 6 nitrogen and oxygen atoms in total. The van der Waals surface area contributed by atoms with E-state index >= 15 is 0 Å². The Hall–Kier alpha value is -1.69. The molecule has 1 aromatic rings. The number of hydrogen-bond donors (Lipinski definition) is 1. The van der Waals surface area contributed by atoms with Gasteiger partial charge in [0.25, 0.3) is 0 Å². The summed E-state index contributed by atoms with van der Waals surface area (Å²) in [5.41, 5.74) is 0.844. The summed E-state index contributed by atoms with van der Waals surface area (Å²) in [7, 11) is 1.31. The SMILES string of the molecule is COC(=O)C(O)C1CCN(c2cc(C(C)(C)C)nc(C(C)(C)C)n2)CC1. The van der Waals surface area contributed by atoms with Crippen molar-refractivity contribution in [2.45, 2.75) is 71.3 Å². The van der Waals surface area contributed by atoms with Crippen molar-refractivity contribution in [1.82, 2.24) is 9.97 Å². The second kappa shape index (κ2) is 7.51. The van der Waals surface area contributed by atoms with Gasteiger partial charge in [-0.3, -0.25) is 0 Å². The normalized spacial score (nSPS) is 17.9. The van der Waals surface area contributed by atoms with E-state index in [-0.39, 0.29) is 16.7 Å². The minimum Gasteiger partial charge on any atom is -0.467 e. The van der Waals surface area contributed by atoms with Gasteiger partial charge in [0.2, 0.25) is 0 Å². The Morgan fingerprint density at radius 1 is 1.15 bits per heavy atom. The molecule has 2 heterocycles. The molecule has 1 unspecified atom stereocenters. The van der Waals surface area contributed by atoms with Crippen molar-refractivity contribution in [3.05, 3.63) is 17.6 Å². The molecule has 1 aliphatic rings. The average molecular weight is 364 g/mol. The van der Waals surface area contributed by atoms with E-state index in [0.29, 0.717) is 0 Å². The highest BCUT2D eigenvalue weighted by molar-refractivity contribution is 5.74. The van der Waals surface area contributed by atoms with Crippen LogP contribution in [0.4, 0.5) is 5.82 Å². The first-order valence-electron chi connectivity index (χ1n) is 9.34. The van der Waals surface area contributed by atoms with Crippen LogP contribution in [0, 0.1) is 5.92 Å². The van der Waals surface area contributed by atoms with Gasteiger partial charge in [0.15, 0.2) is 6.10 Å². The number of piperidine rings is 1. The molecule has 0 aliphatic carbocycles. The van der Waals surface area contributed by atoms with Gasteiger partial charge < -0.3 is 14.7 Å². The van der Waals surface area contributed by atoms with E-state index in [1.54, 1.807) is 0 Å². The van der Waals surface area contributed by atoms with Crippen molar-refractivity contribution in [1.29, 1.82) is 0 Å². The zero-order valence-corrected chi connectivity index (χ0v) is 17.2. The van der Waals surface area contributed by atoms with Gasteiger partial charge in [-0.1, -0.05) is 41.5 Å². The Balaban J connectivity index is 2.23. The van der Waals surface area contributed by atoms with Gasteiger partial charge >= 0.3 is 5.97 Å². The summed E-state index contributed by atoms with van der Waals surface area (Å²) in [5.74, 6) is 1.16. The van der Waals surface area contributed by atoms with Crippen LogP contribution < -0.4 is 4.90 Å². The van der Waals surface area contributed by atoms with Crippen LogP contribution in [0.2, 0.25) is 0 Å². The molecule has 0 saturated carbocycles. The lowest BCUT2D eigenvalue weighted by atomic mass is 9.89. The molecule has 0 amide bonds. The molecular formula is C20H33N3O3. The summed E-state index contributed by atoms with van der Waals surface area (Å²) < 4.78 is 4.66. The number of esters is 1. The van der Waals surface area contributed by atoms with Gasteiger partial charge in [0, 0.05) is 30.0 Å². The molecule has 0 bridgehead atoms. The van der Waals surface area contributed by atoms with Crippen LogP contribution in [0.25, 0.3) is 0 Å². The largest absolute Gasteiger partial charge is 0.467 e. The summed E-state index contributed by atoms with van der Waals surface area (Å²) in [6, 6.07) is 2.08.